The summed E-state index contributed by atoms with van der Waals surface area (Å²) in [6.45, 7) is 1.96. The van der Waals surface area contributed by atoms with Crippen molar-refractivity contribution in [2.24, 2.45) is 0 Å². The molecule has 1 heterocycles. The van der Waals surface area contributed by atoms with Crippen LogP contribution in [0, 0.1) is 5.82 Å². The Morgan fingerprint density at radius 2 is 1.90 bits per heavy atom. The normalized spacial score (nSPS) is 10.8. The molecule has 0 unspecified atom stereocenters. The molecule has 0 saturated heterocycles. The maximum absolute atomic E-state index is 13.0. The molecule has 0 bridgehead atoms. The number of halogens is 1. The molecule has 2 aromatic carbocycles. The van der Waals surface area contributed by atoms with Gasteiger partial charge in [-0.15, -0.1) is 0 Å². The highest BCUT2D eigenvalue weighted by atomic mass is 19.1. The van der Waals surface area contributed by atoms with E-state index in [1.54, 1.807) is 12.1 Å². The van der Waals surface area contributed by atoms with Gasteiger partial charge in [0.1, 0.15) is 5.82 Å². The van der Waals surface area contributed by atoms with Crippen LogP contribution in [0.3, 0.4) is 0 Å². The molecule has 0 atom stereocenters. The van der Waals surface area contributed by atoms with Gasteiger partial charge >= 0.3 is 0 Å². The van der Waals surface area contributed by atoms with E-state index >= 15 is 0 Å². The van der Waals surface area contributed by atoms with E-state index in [0.29, 0.717) is 12.5 Å². The number of nitrogens with one attached hydrogen (secondary N) is 1. The molecule has 1 aromatic heterocycles. The number of benzene rings is 2. The summed E-state index contributed by atoms with van der Waals surface area (Å²) >= 11 is 0. The summed E-state index contributed by atoms with van der Waals surface area (Å²) in [5.74, 6) is 0.0509. The number of anilines is 1. The van der Waals surface area contributed by atoms with Crippen molar-refractivity contribution in [2.75, 3.05) is 5.32 Å². The molecule has 0 radical (unpaired) electrons. The van der Waals surface area contributed by atoms with Crippen LogP contribution < -0.4 is 5.32 Å². The van der Waals surface area contributed by atoms with Crippen LogP contribution in [-0.4, -0.2) is 15.5 Å². The van der Waals surface area contributed by atoms with Crippen LogP contribution in [0.15, 0.2) is 48.5 Å². The lowest BCUT2D eigenvalue weighted by molar-refractivity contribution is -0.114. The van der Waals surface area contributed by atoms with Crippen LogP contribution >= 0.6 is 0 Å². The number of imidazole rings is 1. The minimum Gasteiger partial charge on any atom is -0.305 e. The molecule has 0 spiro atoms. The van der Waals surface area contributed by atoms with Gasteiger partial charge in [0, 0.05) is 6.92 Å². The van der Waals surface area contributed by atoms with Crippen molar-refractivity contribution in [3.63, 3.8) is 0 Å². The maximum Gasteiger partial charge on any atom is 0.223 e. The fourth-order valence-corrected chi connectivity index (χ4v) is 2.26. The number of fused-ring (bicyclic) bond motifs is 1. The average molecular weight is 283 g/mol. The van der Waals surface area contributed by atoms with Crippen molar-refractivity contribution in [3.05, 3.63) is 59.9 Å². The van der Waals surface area contributed by atoms with Crippen LogP contribution in [0.2, 0.25) is 0 Å². The van der Waals surface area contributed by atoms with Gasteiger partial charge in [-0.2, -0.15) is 0 Å². The van der Waals surface area contributed by atoms with Crippen LogP contribution in [0.1, 0.15) is 12.5 Å². The van der Waals surface area contributed by atoms with E-state index in [4.69, 9.17) is 0 Å². The van der Waals surface area contributed by atoms with Crippen molar-refractivity contribution in [3.8, 4) is 0 Å². The molecule has 0 aliphatic carbocycles. The number of para-hydroxylation sites is 2. The summed E-state index contributed by atoms with van der Waals surface area (Å²) in [4.78, 5) is 15.7. The molecule has 106 valence electrons. The zero-order chi connectivity index (χ0) is 14.8. The molecule has 0 fully saturated rings. The van der Waals surface area contributed by atoms with Crippen LogP contribution in [-0.2, 0) is 11.3 Å². The molecular formula is C16H14FN3O. The fraction of sp³-hybridized carbons (Fsp3) is 0.125. The summed E-state index contributed by atoms with van der Waals surface area (Å²) in [5.41, 5.74) is 2.67. The summed E-state index contributed by atoms with van der Waals surface area (Å²) in [5, 5.41) is 2.73. The van der Waals surface area contributed by atoms with E-state index in [9.17, 15) is 9.18 Å². The summed E-state index contributed by atoms with van der Waals surface area (Å²) in [6.07, 6.45) is 0. The van der Waals surface area contributed by atoms with Gasteiger partial charge in [-0.25, -0.2) is 9.37 Å². The molecule has 1 amide bonds. The number of amides is 1. The second-order valence-corrected chi connectivity index (χ2v) is 4.82. The van der Waals surface area contributed by atoms with Gasteiger partial charge in [0.25, 0.3) is 0 Å². The molecule has 4 nitrogen and oxygen atoms in total. The number of carbonyl (C=O) groups is 1. The predicted octanol–water partition coefficient (Wildman–Crippen LogP) is 3.18. The van der Waals surface area contributed by atoms with Crippen molar-refractivity contribution >= 4 is 22.9 Å². The first-order valence-electron chi connectivity index (χ1n) is 6.61. The first-order valence-corrected chi connectivity index (χ1v) is 6.61. The van der Waals surface area contributed by atoms with Gasteiger partial charge < -0.3 is 4.57 Å². The number of carbonyl (C=O) groups excluding carboxylic acids is 1. The highest BCUT2D eigenvalue weighted by Crippen LogP contribution is 2.21. The fourth-order valence-electron chi connectivity index (χ4n) is 2.26. The Morgan fingerprint density at radius 1 is 1.19 bits per heavy atom. The third kappa shape index (κ3) is 2.76. The van der Waals surface area contributed by atoms with Gasteiger partial charge in [-0.3, -0.25) is 10.1 Å². The van der Waals surface area contributed by atoms with Gasteiger partial charge in [-0.05, 0) is 29.8 Å². The molecule has 5 heteroatoms. The Kier molecular flexibility index (Phi) is 3.39. The van der Waals surface area contributed by atoms with E-state index < -0.39 is 0 Å². The Morgan fingerprint density at radius 3 is 2.62 bits per heavy atom. The number of hydrogen-bond acceptors (Lipinski definition) is 2. The first-order chi connectivity index (χ1) is 10.1. The molecule has 0 aliphatic heterocycles. The first kappa shape index (κ1) is 13.3. The second-order valence-electron chi connectivity index (χ2n) is 4.82. The minimum absolute atomic E-state index is 0.175. The van der Waals surface area contributed by atoms with Gasteiger partial charge in [0.2, 0.25) is 11.9 Å². The van der Waals surface area contributed by atoms with Gasteiger partial charge in [0.05, 0.1) is 17.6 Å². The van der Waals surface area contributed by atoms with Gasteiger partial charge in [0.15, 0.2) is 0 Å². The van der Waals surface area contributed by atoms with E-state index in [-0.39, 0.29) is 11.7 Å². The van der Waals surface area contributed by atoms with Crippen molar-refractivity contribution < 1.29 is 9.18 Å². The minimum atomic E-state index is -0.267. The molecule has 1 N–H and O–H groups in total. The average Bonchev–Trinajstić information content (AvgIpc) is 2.78. The monoisotopic (exact) mass is 283 g/mol. The van der Waals surface area contributed by atoms with Crippen molar-refractivity contribution in [2.45, 2.75) is 13.5 Å². The predicted molar refractivity (Wildman–Crippen MR) is 79.5 cm³/mol. The number of nitrogens with zero attached hydrogens (tertiary/aromatic N) is 2. The standard InChI is InChI=1S/C16H14FN3O/c1-11(21)18-16-19-14-4-2-3-5-15(14)20(16)10-12-6-8-13(17)9-7-12/h2-9H,10H2,1H3,(H,18,19,21). The van der Waals surface area contributed by atoms with Crippen LogP contribution in [0.4, 0.5) is 10.3 Å². The van der Waals surface area contributed by atoms with Crippen molar-refractivity contribution in [1.29, 1.82) is 0 Å². The third-order valence-electron chi connectivity index (χ3n) is 3.20. The second kappa shape index (κ2) is 5.36. The molecule has 3 aromatic rings. The van der Waals surface area contributed by atoms with E-state index in [0.717, 1.165) is 16.6 Å². The lowest BCUT2D eigenvalue weighted by Gasteiger charge is -2.09. The summed E-state index contributed by atoms with van der Waals surface area (Å²) in [7, 11) is 0. The zero-order valence-electron chi connectivity index (χ0n) is 11.5. The Labute approximate surface area is 121 Å². The number of rotatable bonds is 3. The summed E-state index contributed by atoms with van der Waals surface area (Å²) in [6, 6.07) is 13.9. The molecule has 21 heavy (non-hydrogen) atoms. The Bertz CT molecular complexity index is 793. The van der Waals surface area contributed by atoms with E-state index in [2.05, 4.69) is 10.3 Å². The largest absolute Gasteiger partial charge is 0.305 e. The molecule has 0 saturated carbocycles. The smallest absolute Gasteiger partial charge is 0.223 e. The topological polar surface area (TPSA) is 46.9 Å². The maximum atomic E-state index is 13.0. The van der Waals surface area contributed by atoms with E-state index in [1.165, 1.54) is 19.1 Å². The van der Waals surface area contributed by atoms with E-state index in [1.807, 2.05) is 28.8 Å². The van der Waals surface area contributed by atoms with Gasteiger partial charge in [-0.1, -0.05) is 24.3 Å². The molecule has 0 aliphatic rings. The lowest BCUT2D eigenvalue weighted by Crippen LogP contribution is -2.12. The SMILES string of the molecule is CC(=O)Nc1nc2ccccc2n1Cc1ccc(F)cc1. The molecular weight excluding hydrogens is 269 g/mol. The van der Waals surface area contributed by atoms with Crippen LogP contribution in [0.5, 0.6) is 0 Å². The number of aromatic nitrogens is 2. The Balaban J connectivity index is 2.05. The van der Waals surface area contributed by atoms with Crippen LogP contribution in [0.25, 0.3) is 11.0 Å². The summed E-state index contributed by atoms with van der Waals surface area (Å²) < 4.78 is 14.9. The highest BCUT2D eigenvalue weighted by molar-refractivity contribution is 5.89. The number of hydrogen-bond donors (Lipinski definition) is 1. The third-order valence-corrected chi connectivity index (χ3v) is 3.20. The zero-order valence-corrected chi connectivity index (χ0v) is 11.5. The highest BCUT2D eigenvalue weighted by Gasteiger charge is 2.11. The van der Waals surface area contributed by atoms with Crippen molar-refractivity contribution in [1.82, 2.24) is 9.55 Å². The Hall–Kier alpha value is -2.69. The quantitative estimate of drug-likeness (QED) is 0.802. The molecule has 3 rings (SSSR count). The lowest BCUT2D eigenvalue weighted by atomic mass is 10.2.